The zero-order valence-electron chi connectivity index (χ0n) is 10.5. The molecule has 0 aromatic heterocycles. The molecule has 0 radical (unpaired) electrons. The Balaban J connectivity index is 2.42. The zero-order chi connectivity index (χ0) is 12.0. The van der Waals surface area contributed by atoms with Crippen molar-refractivity contribution in [3.05, 3.63) is 0 Å². The summed E-state index contributed by atoms with van der Waals surface area (Å²) in [5.41, 5.74) is -0.369. The largest absolute Gasteiger partial charge is 0.382 e. The summed E-state index contributed by atoms with van der Waals surface area (Å²) >= 11 is 0. The molecule has 0 aromatic rings. The Bertz CT molecular complexity index is 252. The molecule has 0 spiro atoms. The molecule has 0 heterocycles. The normalized spacial score (nSPS) is 31.2. The third kappa shape index (κ3) is 3.44. The molecule has 0 saturated heterocycles. The number of nitriles is 1. The highest BCUT2D eigenvalue weighted by atomic mass is 16.5. The van der Waals surface area contributed by atoms with E-state index in [1.165, 1.54) is 0 Å². The third-order valence-corrected chi connectivity index (χ3v) is 3.02. The number of ether oxygens (including phenoxy) is 2. The van der Waals surface area contributed by atoms with Gasteiger partial charge in [-0.25, -0.2) is 0 Å². The van der Waals surface area contributed by atoms with Crippen molar-refractivity contribution >= 4 is 0 Å². The number of nitrogens with one attached hydrogen (secondary N) is 1. The maximum Gasteiger partial charge on any atom is 0.109 e. The molecule has 4 nitrogen and oxygen atoms in total. The molecule has 1 saturated carbocycles. The van der Waals surface area contributed by atoms with E-state index in [0.29, 0.717) is 6.61 Å². The van der Waals surface area contributed by atoms with Crippen LogP contribution in [0.25, 0.3) is 0 Å². The van der Waals surface area contributed by atoms with Gasteiger partial charge in [-0.15, -0.1) is 0 Å². The highest BCUT2D eigenvalue weighted by Crippen LogP contribution is 2.32. The van der Waals surface area contributed by atoms with Gasteiger partial charge in [-0.1, -0.05) is 6.92 Å². The molecule has 0 aromatic carbocycles. The average Bonchev–Trinajstić information content (AvgIpc) is 2.63. The third-order valence-electron chi connectivity index (χ3n) is 3.02. The summed E-state index contributed by atoms with van der Waals surface area (Å²) in [5, 5.41) is 12.5. The van der Waals surface area contributed by atoms with Crippen LogP contribution in [0.3, 0.4) is 0 Å². The van der Waals surface area contributed by atoms with Crippen LogP contribution in [0.5, 0.6) is 0 Å². The number of hydrogen-bond donors (Lipinski definition) is 1. The first-order chi connectivity index (χ1) is 7.65. The van der Waals surface area contributed by atoms with Gasteiger partial charge in [-0.05, 0) is 26.3 Å². The van der Waals surface area contributed by atoms with Crippen LogP contribution >= 0.6 is 0 Å². The molecule has 1 aliphatic carbocycles. The highest BCUT2D eigenvalue weighted by molar-refractivity contribution is 5.12. The van der Waals surface area contributed by atoms with Gasteiger partial charge in [0.1, 0.15) is 5.54 Å². The van der Waals surface area contributed by atoms with Crippen molar-refractivity contribution < 1.29 is 9.47 Å². The number of rotatable bonds is 6. The standard InChI is InChI=1S/C12H22N2O2/c1-4-14-12(9-13)6-5-11(7-12)16-10(2)8-15-3/h10-11,14H,4-8H2,1-3H3. The van der Waals surface area contributed by atoms with Crippen molar-refractivity contribution in [3.63, 3.8) is 0 Å². The second kappa shape index (κ2) is 6.19. The Hall–Kier alpha value is -0.630. The smallest absolute Gasteiger partial charge is 0.109 e. The quantitative estimate of drug-likeness (QED) is 0.745. The summed E-state index contributed by atoms with van der Waals surface area (Å²) < 4.78 is 10.9. The molecule has 1 fully saturated rings. The Kier molecular flexibility index (Phi) is 5.20. The van der Waals surface area contributed by atoms with Crippen LogP contribution in [0.15, 0.2) is 0 Å². The Morgan fingerprint density at radius 3 is 2.94 bits per heavy atom. The van der Waals surface area contributed by atoms with Crippen molar-refractivity contribution in [1.29, 1.82) is 5.26 Å². The molecule has 1 N–H and O–H groups in total. The SMILES string of the molecule is CCNC1(C#N)CCC(OC(C)COC)C1. The van der Waals surface area contributed by atoms with E-state index in [-0.39, 0.29) is 17.7 Å². The fourth-order valence-corrected chi connectivity index (χ4v) is 2.36. The molecule has 4 heteroatoms. The van der Waals surface area contributed by atoms with Crippen molar-refractivity contribution in [3.8, 4) is 6.07 Å². The monoisotopic (exact) mass is 226 g/mol. The van der Waals surface area contributed by atoms with E-state index < -0.39 is 0 Å². The fourth-order valence-electron chi connectivity index (χ4n) is 2.36. The van der Waals surface area contributed by atoms with Crippen LogP contribution in [0, 0.1) is 11.3 Å². The number of hydrogen-bond acceptors (Lipinski definition) is 4. The van der Waals surface area contributed by atoms with E-state index in [4.69, 9.17) is 9.47 Å². The summed E-state index contributed by atoms with van der Waals surface area (Å²) in [7, 11) is 1.67. The van der Waals surface area contributed by atoms with Crippen LogP contribution in [0.1, 0.15) is 33.1 Å². The molecular formula is C12H22N2O2. The summed E-state index contributed by atoms with van der Waals surface area (Å²) in [6.45, 7) is 5.47. The maximum atomic E-state index is 9.21. The van der Waals surface area contributed by atoms with Crippen molar-refractivity contribution in [2.24, 2.45) is 0 Å². The van der Waals surface area contributed by atoms with Gasteiger partial charge in [0.25, 0.3) is 0 Å². The van der Waals surface area contributed by atoms with Crippen LogP contribution in [0.4, 0.5) is 0 Å². The van der Waals surface area contributed by atoms with Gasteiger partial charge in [0.2, 0.25) is 0 Å². The van der Waals surface area contributed by atoms with Crippen molar-refractivity contribution in [2.45, 2.75) is 50.9 Å². The van der Waals surface area contributed by atoms with E-state index in [1.54, 1.807) is 7.11 Å². The molecule has 0 aliphatic heterocycles. The van der Waals surface area contributed by atoms with Crippen LogP contribution in [-0.4, -0.2) is 38.0 Å². The summed E-state index contributed by atoms with van der Waals surface area (Å²) in [4.78, 5) is 0. The molecule has 1 rings (SSSR count). The second-order valence-electron chi connectivity index (χ2n) is 4.49. The lowest BCUT2D eigenvalue weighted by atomic mass is 10.00. The Morgan fingerprint density at radius 1 is 1.62 bits per heavy atom. The zero-order valence-corrected chi connectivity index (χ0v) is 10.5. The van der Waals surface area contributed by atoms with E-state index in [9.17, 15) is 5.26 Å². The molecule has 0 bridgehead atoms. The Labute approximate surface area is 97.9 Å². The molecular weight excluding hydrogens is 204 g/mol. The molecule has 3 unspecified atom stereocenters. The van der Waals surface area contributed by atoms with Gasteiger partial charge in [0, 0.05) is 13.5 Å². The van der Waals surface area contributed by atoms with E-state index in [1.807, 2.05) is 13.8 Å². The summed E-state index contributed by atoms with van der Waals surface area (Å²) in [6.07, 6.45) is 2.90. The van der Waals surface area contributed by atoms with E-state index in [2.05, 4.69) is 11.4 Å². The van der Waals surface area contributed by atoms with E-state index in [0.717, 1.165) is 25.8 Å². The first kappa shape index (κ1) is 13.4. The van der Waals surface area contributed by atoms with E-state index >= 15 is 0 Å². The first-order valence-corrected chi connectivity index (χ1v) is 5.96. The molecule has 92 valence electrons. The molecule has 3 atom stereocenters. The van der Waals surface area contributed by atoms with Gasteiger partial charge < -0.3 is 9.47 Å². The lowest BCUT2D eigenvalue weighted by molar-refractivity contribution is -0.0370. The topological polar surface area (TPSA) is 54.3 Å². The molecule has 16 heavy (non-hydrogen) atoms. The van der Waals surface area contributed by atoms with Gasteiger partial charge >= 0.3 is 0 Å². The lowest BCUT2D eigenvalue weighted by Crippen LogP contribution is -2.42. The van der Waals surface area contributed by atoms with Gasteiger partial charge in [-0.2, -0.15) is 5.26 Å². The van der Waals surface area contributed by atoms with Gasteiger partial charge in [0.15, 0.2) is 0 Å². The molecule has 0 amide bonds. The highest BCUT2D eigenvalue weighted by Gasteiger charge is 2.39. The first-order valence-electron chi connectivity index (χ1n) is 5.96. The fraction of sp³-hybridized carbons (Fsp3) is 0.917. The minimum Gasteiger partial charge on any atom is -0.382 e. The maximum absolute atomic E-state index is 9.21. The van der Waals surface area contributed by atoms with Gasteiger partial charge in [-0.3, -0.25) is 5.32 Å². The van der Waals surface area contributed by atoms with Crippen molar-refractivity contribution in [1.82, 2.24) is 5.32 Å². The minimum absolute atomic E-state index is 0.103. The van der Waals surface area contributed by atoms with Crippen LogP contribution in [-0.2, 0) is 9.47 Å². The number of nitrogens with zero attached hydrogens (tertiary/aromatic N) is 1. The summed E-state index contributed by atoms with van der Waals surface area (Å²) in [6, 6.07) is 2.39. The second-order valence-corrected chi connectivity index (χ2v) is 4.49. The van der Waals surface area contributed by atoms with Crippen LogP contribution in [0.2, 0.25) is 0 Å². The lowest BCUT2D eigenvalue weighted by Gasteiger charge is -2.23. The van der Waals surface area contributed by atoms with Gasteiger partial charge in [0.05, 0.1) is 24.9 Å². The van der Waals surface area contributed by atoms with Crippen LogP contribution < -0.4 is 5.32 Å². The minimum atomic E-state index is -0.369. The predicted octanol–water partition coefficient (Wildman–Crippen LogP) is 1.46. The Morgan fingerprint density at radius 2 is 2.38 bits per heavy atom. The number of methoxy groups -OCH3 is 1. The van der Waals surface area contributed by atoms with Crippen molar-refractivity contribution in [2.75, 3.05) is 20.3 Å². The average molecular weight is 226 g/mol. The molecule has 1 aliphatic rings. The predicted molar refractivity (Wildman–Crippen MR) is 62.1 cm³/mol. The summed E-state index contributed by atoms with van der Waals surface area (Å²) in [5.74, 6) is 0.